The molecule has 1 heterocycles. The fourth-order valence-corrected chi connectivity index (χ4v) is 3.12. The molecule has 1 fully saturated rings. The van der Waals surface area contributed by atoms with Crippen molar-refractivity contribution in [2.45, 2.75) is 38.8 Å². The Morgan fingerprint density at radius 3 is 2.50 bits per heavy atom. The molecule has 2 N–H and O–H groups in total. The quantitative estimate of drug-likeness (QED) is 0.921. The molecule has 1 aliphatic heterocycles. The summed E-state index contributed by atoms with van der Waals surface area (Å²) in [6.07, 6.45) is 2.16. The second kappa shape index (κ2) is 6.55. The molecule has 3 nitrogen and oxygen atoms in total. The van der Waals surface area contributed by atoms with Crippen LogP contribution < -0.4 is 10.5 Å². The highest BCUT2D eigenvalue weighted by Gasteiger charge is 2.28. The number of nitrogens with two attached hydrogens (primary N) is 1. The van der Waals surface area contributed by atoms with Crippen molar-refractivity contribution in [3.05, 3.63) is 29.6 Å². The SMILES string of the molecule is COc1cccc(F)c1C(C)N1CCC(C(C)N)CC1. The first-order valence-electron chi connectivity index (χ1n) is 7.36. The van der Waals surface area contributed by atoms with Gasteiger partial charge in [-0.1, -0.05) is 6.07 Å². The average molecular weight is 280 g/mol. The van der Waals surface area contributed by atoms with Crippen molar-refractivity contribution < 1.29 is 9.13 Å². The zero-order chi connectivity index (χ0) is 14.7. The second-order valence-corrected chi connectivity index (χ2v) is 5.76. The highest BCUT2D eigenvalue weighted by atomic mass is 19.1. The van der Waals surface area contributed by atoms with Crippen molar-refractivity contribution >= 4 is 0 Å². The van der Waals surface area contributed by atoms with Gasteiger partial charge in [-0.2, -0.15) is 0 Å². The van der Waals surface area contributed by atoms with Crippen LogP contribution in [0, 0.1) is 11.7 Å². The lowest BCUT2D eigenvalue weighted by Crippen LogP contribution is -2.41. The van der Waals surface area contributed by atoms with Crippen LogP contribution >= 0.6 is 0 Å². The lowest BCUT2D eigenvalue weighted by molar-refractivity contribution is 0.129. The van der Waals surface area contributed by atoms with Gasteiger partial charge in [0.1, 0.15) is 11.6 Å². The lowest BCUT2D eigenvalue weighted by Gasteiger charge is -2.37. The fraction of sp³-hybridized carbons (Fsp3) is 0.625. The van der Waals surface area contributed by atoms with Crippen LogP contribution in [0.3, 0.4) is 0 Å². The lowest BCUT2D eigenvalue weighted by atomic mass is 9.89. The summed E-state index contributed by atoms with van der Waals surface area (Å²) in [7, 11) is 1.59. The predicted molar refractivity (Wildman–Crippen MR) is 79.3 cm³/mol. The van der Waals surface area contributed by atoms with Gasteiger partial charge in [0.25, 0.3) is 0 Å². The Kier molecular flexibility index (Phi) is 5.00. The third-order valence-electron chi connectivity index (χ3n) is 4.52. The minimum Gasteiger partial charge on any atom is -0.496 e. The molecule has 2 atom stereocenters. The Morgan fingerprint density at radius 1 is 1.30 bits per heavy atom. The van der Waals surface area contributed by atoms with Crippen LogP contribution in [0.5, 0.6) is 5.75 Å². The first kappa shape index (κ1) is 15.3. The molecular weight excluding hydrogens is 255 g/mol. The molecule has 0 aromatic heterocycles. The number of halogens is 1. The Hall–Kier alpha value is -1.13. The van der Waals surface area contributed by atoms with E-state index in [1.54, 1.807) is 13.2 Å². The van der Waals surface area contributed by atoms with Gasteiger partial charge in [-0.15, -0.1) is 0 Å². The monoisotopic (exact) mass is 280 g/mol. The van der Waals surface area contributed by atoms with E-state index in [1.165, 1.54) is 6.07 Å². The summed E-state index contributed by atoms with van der Waals surface area (Å²) in [5, 5.41) is 0. The van der Waals surface area contributed by atoms with Gasteiger partial charge >= 0.3 is 0 Å². The third-order valence-corrected chi connectivity index (χ3v) is 4.52. The molecular formula is C16H25FN2O. The minimum atomic E-state index is -0.189. The Balaban J connectivity index is 2.11. The van der Waals surface area contributed by atoms with Crippen molar-refractivity contribution in [3.8, 4) is 5.75 Å². The van der Waals surface area contributed by atoms with Crippen LogP contribution in [0.1, 0.15) is 38.3 Å². The number of nitrogens with zero attached hydrogens (tertiary/aromatic N) is 1. The average Bonchev–Trinajstić information content (AvgIpc) is 2.46. The molecule has 1 aromatic carbocycles. The van der Waals surface area contributed by atoms with Gasteiger partial charge in [0.05, 0.1) is 7.11 Å². The highest BCUT2D eigenvalue weighted by Crippen LogP contribution is 2.34. The first-order chi connectivity index (χ1) is 9.54. The van der Waals surface area contributed by atoms with Crippen molar-refractivity contribution in [3.63, 3.8) is 0 Å². The maximum Gasteiger partial charge on any atom is 0.131 e. The van der Waals surface area contributed by atoms with Gasteiger partial charge in [0.2, 0.25) is 0 Å². The van der Waals surface area contributed by atoms with Gasteiger partial charge in [-0.25, -0.2) is 4.39 Å². The van der Waals surface area contributed by atoms with E-state index in [2.05, 4.69) is 11.8 Å². The molecule has 0 bridgehead atoms. The second-order valence-electron chi connectivity index (χ2n) is 5.76. The Bertz CT molecular complexity index is 442. The molecule has 0 saturated carbocycles. The van der Waals surface area contributed by atoms with Crippen molar-refractivity contribution in [1.29, 1.82) is 0 Å². The molecule has 0 aliphatic carbocycles. The molecule has 20 heavy (non-hydrogen) atoms. The number of rotatable bonds is 4. The predicted octanol–water partition coefficient (Wildman–Crippen LogP) is 2.95. The van der Waals surface area contributed by atoms with E-state index >= 15 is 0 Å². The van der Waals surface area contributed by atoms with Gasteiger partial charge in [-0.05, 0) is 57.8 Å². The summed E-state index contributed by atoms with van der Waals surface area (Å²) < 4.78 is 19.4. The molecule has 1 aromatic rings. The molecule has 0 spiro atoms. The number of benzene rings is 1. The van der Waals surface area contributed by atoms with Gasteiger partial charge < -0.3 is 10.5 Å². The van der Waals surface area contributed by atoms with Gasteiger partial charge in [-0.3, -0.25) is 4.90 Å². The van der Waals surface area contributed by atoms with E-state index in [0.29, 0.717) is 17.2 Å². The third kappa shape index (κ3) is 3.13. The van der Waals surface area contributed by atoms with Crippen molar-refractivity contribution in [2.24, 2.45) is 11.7 Å². The molecule has 0 amide bonds. The molecule has 4 heteroatoms. The minimum absolute atomic E-state index is 0.0279. The molecule has 1 saturated heterocycles. The summed E-state index contributed by atoms with van der Waals surface area (Å²) in [4.78, 5) is 2.32. The topological polar surface area (TPSA) is 38.5 Å². The number of piperidine rings is 1. The van der Waals surface area contributed by atoms with Gasteiger partial charge in [0.15, 0.2) is 0 Å². The summed E-state index contributed by atoms with van der Waals surface area (Å²) >= 11 is 0. The maximum absolute atomic E-state index is 14.1. The summed E-state index contributed by atoms with van der Waals surface area (Å²) in [6.45, 7) is 6.05. The largest absolute Gasteiger partial charge is 0.496 e. The Labute approximate surface area is 120 Å². The van der Waals surface area contributed by atoms with E-state index in [9.17, 15) is 4.39 Å². The smallest absolute Gasteiger partial charge is 0.131 e. The van der Waals surface area contributed by atoms with Crippen molar-refractivity contribution in [1.82, 2.24) is 4.90 Å². The number of ether oxygens (including phenoxy) is 1. The standard InChI is InChI=1S/C16H25FN2O/c1-11(18)13-7-9-19(10-8-13)12(2)16-14(17)5-4-6-15(16)20-3/h4-6,11-13H,7-10,18H2,1-3H3. The van der Waals surface area contributed by atoms with E-state index in [0.717, 1.165) is 25.9 Å². The molecule has 1 aliphatic rings. The van der Waals surface area contributed by atoms with Crippen LogP contribution in [0.25, 0.3) is 0 Å². The molecule has 2 rings (SSSR count). The van der Waals surface area contributed by atoms with Crippen LogP contribution in [-0.2, 0) is 0 Å². The highest BCUT2D eigenvalue weighted by molar-refractivity contribution is 5.37. The number of methoxy groups -OCH3 is 1. The van der Waals surface area contributed by atoms with Crippen LogP contribution in [-0.4, -0.2) is 31.1 Å². The Morgan fingerprint density at radius 2 is 1.95 bits per heavy atom. The summed E-state index contributed by atoms with van der Waals surface area (Å²) in [5.41, 5.74) is 6.63. The molecule has 0 radical (unpaired) electrons. The maximum atomic E-state index is 14.1. The fourth-order valence-electron chi connectivity index (χ4n) is 3.12. The number of hydrogen-bond acceptors (Lipinski definition) is 3. The molecule has 2 unspecified atom stereocenters. The van der Waals surface area contributed by atoms with Crippen molar-refractivity contribution in [2.75, 3.05) is 20.2 Å². The van der Waals surface area contributed by atoms with Crippen LogP contribution in [0.2, 0.25) is 0 Å². The molecule has 112 valence electrons. The van der Waals surface area contributed by atoms with Crippen LogP contribution in [0.4, 0.5) is 4.39 Å². The van der Waals surface area contributed by atoms with E-state index < -0.39 is 0 Å². The summed E-state index contributed by atoms with van der Waals surface area (Å²) in [6, 6.07) is 5.29. The van der Waals surface area contributed by atoms with E-state index in [-0.39, 0.29) is 17.9 Å². The summed E-state index contributed by atoms with van der Waals surface area (Å²) in [5.74, 6) is 1.03. The van der Waals surface area contributed by atoms with E-state index in [1.807, 2.05) is 13.0 Å². The van der Waals surface area contributed by atoms with Gasteiger partial charge in [0, 0.05) is 17.6 Å². The number of hydrogen-bond donors (Lipinski definition) is 1. The number of likely N-dealkylation sites (tertiary alicyclic amines) is 1. The first-order valence-corrected chi connectivity index (χ1v) is 7.36. The zero-order valence-electron chi connectivity index (χ0n) is 12.6. The van der Waals surface area contributed by atoms with Crippen LogP contribution in [0.15, 0.2) is 18.2 Å². The van der Waals surface area contributed by atoms with E-state index in [4.69, 9.17) is 10.5 Å². The zero-order valence-corrected chi connectivity index (χ0v) is 12.6. The normalized spacial score (nSPS) is 20.6.